The van der Waals surface area contributed by atoms with E-state index < -0.39 is 17.3 Å². The molecule has 2 aromatic rings. The lowest BCUT2D eigenvalue weighted by Crippen LogP contribution is -2.50. The van der Waals surface area contributed by atoms with E-state index in [1.807, 2.05) is 25.3 Å². The van der Waals surface area contributed by atoms with Crippen molar-refractivity contribution in [1.82, 2.24) is 10.6 Å². The zero-order chi connectivity index (χ0) is 47.9. The number of nitrogens with zero attached hydrogens (tertiary/aromatic N) is 1. The number of anilines is 1. The summed E-state index contributed by atoms with van der Waals surface area (Å²) in [6, 6.07) is 13.1. The fraction of sp³-hybridized carbons (Fsp3) is 0.643. The summed E-state index contributed by atoms with van der Waals surface area (Å²) in [7, 11) is 6.79. The topological polar surface area (TPSA) is 163 Å². The summed E-state index contributed by atoms with van der Waals surface area (Å²) >= 11 is 0. The second kappa shape index (κ2) is 21.9. The number of ether oxygens (including phenoxy) is 4. The molecule has 4 bridgehead atoms. The minimum Gasteiger partial charge on any atom is -0.504 e. The van der Waals surface area contributed by atoms with E-state index in [9.17, 15) is 15.3 Å². The van der Waals surface area contributed by atoms with Crippen LogP contribution < -0.4 is 30.2 Å². The quantitative estimate of drug-likeness (QED) is 0.0795. The zero-order valence-corrected chi connectivity index (χ0v) is 41.1. The highest BCUT2D eigenvalue weighted by molar-refractivity contribution is 5.97. The van der Waals surface area contributed by atoms with Gasteiger partial charge in [-0.2, -0.15) is 0 Å². The third-order valence-corrected chi connectivity index (χ3v) is 17.2. The van der Waals surface area contributed by atoms with E-state index >= 15 is 4.79 Å². The van der Waals surface area contributed by atoms with E-state index in [0.717, 1.165) is 94.6 Å². The Kier molecular flexibility index (Phi) is 16.0. The summed E-state index contributed by atoms with van der Waals surface area (Å²) < 4.78 is 24.9. The third-order valence-electron chi connectivity index (χ3n) is 17.2. The number of carbonyl (C=O) groups excluding carboxylic acids is 1. The van der Waals surface area contributed by atoms with Gasteiger partial charge in [-0.3, -0.25) is 15.1 Å². The molecule has 12 nitrogen and oxygen atoms in total. The Morgan fingerprint density at radius 1 is 1.03 bits per heavy atom. The monoisotopic (exact) mass is 933 g/mol. The van der Waals surface area contributed by atoms with E-state index in [0.29, 0.717) is 85.3 Å². The summed E-state index contributed by atoms with van der Waals surface area (Å²) in [6.07, 6.45) is 21.6. The highest BCUT2D eigenvalue weighted by atomic mass is 16.6. The van der Waals surface area contributed by atoms with Crippen LogP contribution in [0.1, 0.15) is 127 Å². The number of aromatic hydroxyl groups is 1. The standard InChI is InChI=1S/C56H76N4O8/c1-6-7-13-38-29-39(14-11-26-61)44-18-9-24-56(44)43-31-46(52-49(32-43)68-54(36-57-2)34-40(15-12-27-67-52)41(35-54)30-51(64)66-5)60-53(58-3)59-25-10-17-42-16-8-23-55(42,50(63)22-20-45(38)56)33-37-19-21-47(62)48(28-37)65-4/h19-22,28,31-32,38-42,44-45,51,57,61-62,64H,6-9,11,13-18,23-24,26,29-30,33-36H2,1-5H3,(H2,58,59,60)/b22-20+/t38-,39-,40-,41+,42+,44-,45+,51-,54+,55-,56+/m1/s1. The van der Waals surface area contributed by atoms with Gasteiger partial charge in [-0.1, -0.05) is 56.6 Å². The number of allylic oxidation sites excluding steroid dienone is 2. The Morgan fingerprint density at radius 2 is 1.87 bits per heavy atom. The van der Waals surface area contributed by atoms with Gasteiger partial charge in [-0.15, -0.1) is 0 Å². The number of rotatable bonds is 14. The lowest BCUT2D eigenvalue weighted by molar-refractivity contribution is -0.125. The summed E-state index contributed by atoms with van der Waals surface area (Å²) in [5.41, 5.74) is 1.08. The van der Waals surface area contributed by atoms with Gasteiger partial charge in [0.15, 0.2) is 29.3 Å². The number of fused-ring (bicyclic) bond motifs is 7. The Morgan fingerprint density at radius 3 is 2.65 bits per heavy atom. The van der Waals surface area contributed by atoms with Crippen LogP contribution in [0, 0.1) is 70.8 Å². The van der Waals surface area contributed by atoms with Crippen LogP contribution in [0.5, 0.6) is 23.0 Å². The van der Waals surface area contributed by atoms with Gasteiger partial charge in [-0.05, 0) is 161 Å². The molecule has 0 unspecified atom stereocenters. The number of aliphatic imine (C=N–C) groups is 1. The van der Waals surface area contributed by atoms with Crippen LogP contribution in [-0.2, 0) is 21.4 Å². The second-order valence-corrected chi connectivity index (χ2v) is 20.9. The number of aliphatic hydroxyl groups excluding tert-OH is 2. The fourth-order valence-corrected chi connectivity index (χ4v) is 14.2. The van der Waals surface area contributed by atoms with Crippen molar-refractivity contribution in [2.75, 3.05) is 46.8 Å². The Bertz CT molecular complexity index is 2290. The summed E-state index contributed by atoms with van der Waals surface area (Å²) in [5.74, 6) is 10.2. The van der Waals surface area contributed by atoms with Gasteiger partial charge in [0.1, 0.15) is 11.7 Å². The lowest BCUT2D eigenvalue weighted by Gasteiger charge is -2.54. The van der Waals surface area contributed by atoms with Gasteiger partial charge in [0.05, 0.1) is 12.8 Å². The molecule has 1 spiro atoms. The van der Waals surface area contributed by atoms with E-state index in [1.165, 1.54) is 0 Å². The number of unbranched alkanes of at least 4 members (excludes halogenated alkanes) is 1. The van der Waals surface area contributed by atoms with E-state index in [-0.39, 0.29) is 47.2 Å². The largest absolute Gasteiger partial charge is 0.504 e. The number of likely N-dealkylation sites (N-methyl/N-ethyl adjacent to an activating group) is 1. The lowest BCUT2D eigenvalue weighted by atomic mass is 9.50. The average Bonchev–Trinajstić information content (AvgIpc) is 4.06. The highest BCUT2D eigenvalue weighted by Crippen LogP contribution is 2.64. The molecule has 2 aliphatic heterocycles. The first-order valence-corrected chi connectivity index (χ1v) is 25.6. The van der Waals surface area contributed by atoms with Gasteiger partial charge in [-0.25, -0.2) is 0 Å². The molecule has 0 radical (unpaired) electrons. The molecule has 68 heavy (non-hydrogen) atoms. The molecule has 11 atom stereocenters. The van der Waals surface area contributed by atoms with Crippen LogP contribution in [0.25, 0.3) is 0 Å². The van der Waals surface area contributed by atoms with Crippen molar-refractivity contribution in [3.05, 3.63) is 53.6 Å². The van der Waals surface area contributed by atoms with E-state index in [4.69, 9.17) is 18.9 Å². The van der Waals surface area contributed by atoms with Crippen molar-refractivity contribution >= 4 is 17.4 Å². The van der Waals surface area contributed by atoms with Gasteiger partial charge >= 0.3 is 0 Å². The van der Waals surface area contributed by atoms with Crippen LogP contribution in [0.3, 0.4) is 0 Å². The molecule has 2 aromatic carbocycles. The predicted octanol–water partition coefficient (Wildman–Crippen LogP) is 8.62. The van der Waals surface area contributed by atoms with Crippen molar-refractivity contribution in [2.24, 2.45) is 51.8 Å². The third kappa shape index (κ3) is 9.99. The van der Waals surface area contributed by atoms with Crippen LogP contribution in [-0.4, -0.2) is 80.4 Å². The van der Waals surface area contributed by atoms with Gasteiger partial charge in [0, 0.05) is 63.4 Å². The van der Waals surface area contributed by atoms with Gasteiger partial charge in [0.25, 0.3) is 0 Å². The normalized spacial score (nSPS) is 33.3. The molecule has 4 saturated carbocycles. The van der Waals surface area contributed by atoms with Crippen LogP contribution >= 0.6 is 0 Å². The molecular formula is C56H76N4O8. The van der Waals surface area contributed by atoms with Crippen molar-refractivity contribution < 1.29 is 39.1 Å². The average molecular weight is 933 g/mol. The number of guanidine groups is 1. The summed E-state index contributed by atoms with van der Waals surface area (Å²) in [6.45, 7) is 3.01. The number of phenols is 1. The van der Waals surface area contributed by atoms with Crippen LogP contribution in [0.15, 0.2) is 47.5 Å². The van der Waals surface area contributed by atoms with Gasteiger partial charge in [0.2, 0.25) is 11.7 Å². The molecule has 2 heterocycles. The molecular weight excluding hydrogens is 857 g/mol. The van der Waals surface area contributed by atoms with Crippen LogP contribution in [0.2, 0.25) is 0 Å². The molecule has 12 heteroatoms. The van der Waals surface area contributed by atoms with E-state index in [2.05, 4.69) is 70.1 Å². The molecule has 0 saturated heterocycles. The maximum Gasteiger partial charge on any atom is 0.207 e. The van der Waals surface area contributed by atoms with Gasteiger partial charge < -0.3 is 44.9 Å². The SMILES string of the molecule is CCCC[C@@H]1C[C@@H](CCCO)[C@H]2CCC[C@]23c2cc(c4c(c2)O[C@@]2(CNC)C[C@@H](CC#CO4)[C@@H](C[C@H](O)OC)C2)NC(=NC)NC#CC[C@@H]2CCC[C@]2(Cc2ccc(O)c(OC)c2)C(=O)/C=C/[C@@H]13. The van der Waals surface area contributed by atoms with Crippen molar-refractivity contribution in [3.8, 4) is 47.0 Å². The van der Waals surface area contributed by atoms with Crippen molar-refractivity contribution in [2.45, 2.75) is 140 Å². The molecule has 8 rings (SSSR count). The fourth-order valence-electron chi connectivity index (χ4n) is 14.2. The number of hydrogen-bond acceptors (Lipinski definition) is 10. The number of ketones is 1. The highest BCUT2D eigenvalue weighted by Gasteiger charge is 2.58. The van der Waals surface area contributed by atoms with Crippen molar-refractivity contribution in [3.63, 3.8) is 0 Å². The molecule has 0 amide bonds. The number of carbonyl (C=O) groups is 1. The molecule has 4 fully saturated rings. The summed E-state index contributed by atoms with van der Waals surface area (Å²) in [4.78, 5) is 20.2. The number of methoxy groups -OCH3 is 2. The first-order valence-electron chi connectivity index (χ1n) is 25.6. The molecule has 6 N–H and O–H groups in total. The maximum absolute atomic E-state index is 15.5. The Balaban J connectivity index is 1.33. The minimum absolute atomic E-state index is 0.0111. The minimum atomic E-state index is -0.883. The zero-order valence-electron chi connectivity index (χ0n) is 41.1. The molecule has 0 aromatic heterocycles. The molecule has 4 aliphatic carbocycles. The number of nitrogens with one attached hydrogen (secondary N) is 3. The first kappa shape index (κ1) is 49.7. The number of aliphatic hydroxyl groups is 2. The number of phenolic OH excluding ortho intramolecular Hbond substituents is 1. The second-order valence-electron chi connectivity index (χ2n) is 20.9. The number of benzene rings is 2. The van der Waals surface area contributed by atoms with E-state index in [1.54, 1.807) is 27.3 Å². The Hall–Kier alpha value is -4.72. The first-order chi connectivity index (χ1) is 33.0. The summed E-state index contributed by atoms with van der Waals surface area (Å²) in [5, 5.41) is 41.9. The van der Waals surface area contributed by atoms with Crippen LogP contribution in [0.4, 0.5) is 5.69 Å². The maximum atomic E-state index is 15.5. The molecule has 6 aliphatic rings. The van der Waals surface area contributed by atoms with Crippen molar-refractivity contribution in [1.29, 1.82) is 0 Å². The smallest absolute Gasteiger partial charge is 0.207 e. The molecule has 368 valence electrons. The number of hydrogen-bond donors (Lipinski definition) is 6. The predicted molar refractivity (Wildman–Crippen MR) is 265 cm³/mol. The Labute approximate surface area is 404 Å².